The smallest absolute Gasteiger partial charge is 0.251 e. The zero-order chi connectivity index (χ0) is 25.2. The van der Waals surface area contributed by atoms with Crippen molar-refractivity contribution in [3.05, 3.63) is 89.4 Å². The van der Waals surface area contributed by atoms with Gasteiger partial charge in [-0.2, -0.15) is 0 Å². The van der Waals surface area contributed by atoms with Crippen LogP contribution in [0.5, 0.6) is 11.5 Å². The van der Waals surface area contributed by atoms with Crippen LogP contribution >= 0.6 is 0 Å². The Morgan fingerprint density at radius 3 is 2.46 bits per heavy atom. The average Bonchev–Trinajstić information content (AvgIpc) is 3.39. The zero-order valence-electron chi connectivity index (χ0n) is 20.6. The molecular weight excluding hydrogens is 444 g/mol. The third kappa shape index (κ3) is 7.50. The lowest BCUT2D eigenvalue weighted by Gasteiger charge is -2.20. The van der Waals surface area contributed by atoms with Gasteiger partial charge in [-0.1, -0.05) is 32.0 Å². The third-order valence-corrected chi connectivity index (χ3v) is 5.23. The highest BCUT2D eigenvalue weighted by atomic mass is 16.5. The fourth-order valence-corrected chi connectivity index (χ4v) is 3.37. The third-order valence-electron chi connectivity index (χ3n) is 5.23. The highest BCUT2D eigenvalue weighted by molar-refractivity contribution is 5.94. The molecule has 0 saturated heterocycles. The number of amides is 2. The van der Waals surface area contributed by atoms with E-state index < -0.39 is 0 Å². The van der Waals surface area contributed by atoms with E-state index in [0.29, 0.717) is 48.4 Å². The molecule has 7 heteroatoms. The second-order valence-corrected chi connectivity index (χ2v) is 8.50. The largest absolute Gasteiger partial charge is 0.493 e. The molecule has 0 bridgehead atoms. The van der Waals surface area contributed by atoms with E-state index >= 15 is 0 Å². The van der Waals surface area contributed by atoms with E-state index in [9.17, 15) is 9.59 Å². The quantitative estimate of drug-likeness (QED) is 0.397. The van der Waals surface area contributed by atoms with Crippen molar-refractivity contribution in [2.24, 2.45) is 5.92 Å². The van der Waals surface area contributed by atoms with E-state index in [1.807, 2.05) is 36.4 Å². The molecule has 0 saturated carbocycles. The first kappa shape index (κ1) is 25.6. The summed E-state index contributed by atoms with van der Waals surface area (Å²) in [5, 5.41) is 2.60. The van der Waals surface area contributed by atoms with E-state index in [0.717, 1.165) is 11.1 Å². The minimum absolute atomic E-state index is 0.154. The number of nitrogens with one attached hydrogen (secondary N) is 1. The van der Waals surface area contributed by atoms with Crippen LogP contribution in [0.4, 0.5) is 0 Å². The Kier molecular flexibility index (Phi) is 9.12. The summed E-state index contributed by atoms with van der Waals surface area (Å²) in [6, 6.07) is 16.4. The average molecular weight is 477 g/mol. The highest BCUT2D eigenvalue weighted by Gasteiger charge is 2.15. The highest BCUT2D eigenvalue weighted by Crippen LogP contribution is 2.29. The van der Waals surface area contributed by atoms with Crippen molar-refractivity contribution in [3.63, 3.8) is 0 Å². The van der Waals surface area contributed by atoms with Crippen molar-refractivity contribution < 1.29 is 23.5 Å². The fraction of sp³-hybridized carbons (Fsp3) is 0.286. The molecule has 0 aliphatic rings. The molecule has 2 aromatic carbocycles. The lowest BCUT2D eigenvalue weighted by molar-refractivity contribution is -0.127. The van der Waals surface area contributed by atoms with Crippen LogP contribution in [0.1, 0.15) is 41.1 Å². The minimum Gasteiger partial charge on any atom is -0.493 e. The Balaban J connectivity index is 1.75. The normalized spacial score (nSPS) is 11.0. The van der Waals surface area contributed by atoms with E-state index in [1.165, 1.54) is 6.08 Å². The number of ether oxygens (including phenoxy) is 2. The number of carbonyl (C=O) groups excluding carboxylic acids is 2. The van der Waals surface area contributed by atoms with Crippen molar-refractivity contribution in [1.29, 1.82) is 0 Å². The molecule has 0 unspecified atom stereocenters. The molecule has 0 atom stereocenters. The number of benzene rings is 2. The van der Waals surface area contributed by atoms with Crippen LogP contribution in [0.3, 0.4) is 0 Å². The maximum absolute atomic E-state index is 13.1. The number of hydrogen-bond donors (Lipinski definition) is 1. The van der Waals surface area contributed by atoms with Gasteiger partial charge in [0.05, 0.1) is 26.5 Å². The summed E-state index contributed by atoms with van der Waals surface area (Å²) in [4.78, 5) is 26.6. The number of nitrogens with zero attached hydrogens (tertiary/aromatic N) is 1. The van der Waals surface area contributed by atoms with Gasteiger partial charge < -0.3 is 24.1 Å². The number of methoxy groups -OCH3 is 1. The van der Waals surface area contributed by atoms with Gasteiger partial charge in [0, 0.05) is 25.2 Å². The van der Waals surface area contributed by atoms with Crippen LogP contribution in [0.25, 0.3) is 6.08 Å². The molecule has 1 heterocycles. The molecule has 3 aromatic rings. The summed E-state index contributed by atoms with van der Waals surface area (Å²) >= 11 is 0. The Morgan fingerprint density at radius 2 is 1.83 bits per heavy atom. The summed E-state index contributed by atoms with van der Waals surface area (Å²) in [6.07, 6.45) is 4.87. The lowest BCUT2D eigenvalue weighted by Crippen LogP contribution is -2.28. The molecule has 1 aromatic heterocycles. The Hall–Kier alpha value is -4.00. The first-order chi connectivity index (χ1) is 16.9. The summed E-state index contributed by atoms with van der Waals surface area (Å²) in [6.45, 7) is 5.44. The Labute approximate surface area is 206 Å². The van der Waals surface area contributed by atoms with Crippen LogP contribution in [0.15, 0.2) is 71.4 Å². The topological polar surface area (TPSA) is 81.0 Å². The molecule has 0 fully saturated rings. The molecule has 0 aliphatic heterocycles. The van der Waals surface area contributed by atoms with Crippen molar-refractivity contribution in [2.45, 2.75) is 26.9 Å². The van der Waals surface area contributed by atoms with E-state index in [-0.39, 0.29) is 11.8 Å². The molecule has 35 heavy (non-hydrogen) atoms. The number of rotatable bonds is 11. The maximum atomic E-state index is 13.1. The van der Waals surface area contributed by atoms with Gasteiger partial charge in [0.2, 0.25) is 5.91 Å². The minimum atomic E-state index is -0.170. The molecule has 3 rings (SSSR count). The number of hydrogen-bond acceptors (Lipinski definition) is 5. The molecular formula is C28H32N2O5. The van der Waals surface area contributed by atoms with E-state index in [4.69, 9.17) is 13.9 Å². The van der Waals surface area contributed by atoms with Crippen LogP contribution in [-0.4, -0.2) is 37.5 Å². The van der Waals surface area contributed by atoms with Crippen LogP contribution in [0.2, 0.25) is 0 Å². The van der Waals surface area contributed by atoms with E-state index in [2.05, 4.69) is 19.2 Å². The summed E-state index contributed by atoms with van der Waals surface area (Å²) in [5.74, 6) is 2.04. The molecule has 0 radical (unpaired) electrons. The van der Waals surface area contributed by atoms with Crippen molar-refractivity contribution in [1.82, 2.24) is 10.2 Å². The first-order valence-corrected chi connectivity index (χ1v) is 11.5. The number of carbonyl (C=O) groups is 2. The summed E-state index contributed by atoms with van der Waals surface area (Å²) in [7, 11) is 3.19. The SMILES string of the molecule is CNC(=O)c1ccc(CN(Cc2ccco2)C(=O)C=Cc2ccc(OCC(C)C)c(OC)c2)cc1. The monoisotopic (exact) mass is 476 g/mol. The molecule has 184 valence electrons. The van der Waals surface area contributed by atoms with Gasteiger partial charge in [0.25, 0.3) is 5.91 Å². The van der Waals surface area contributed by atoms with Crippen LogP contribution < -0.4 is 14.8 Å². The zero-order valence-corrected chi connectivity index (χ0v) is 20.6. The predicted octanol–water partition coefficient (Wildman–Crippen LogP) is 4.92. The number of furan rings is 1. The van der Waals surface area contributed by atoms with Crippen molar-refractivity contribution in [2.75, 3.05) is 20.8 Å². The van der Waals surface area contributed by atoms with Gasteiger partial charge in [-0.05, 0) is 59.5 Å². The molecule has 2 amide bonds. The van der Waals surface area contributed by atoms with Crippen LogP contribution in [0, 0.1) is 5.92 Å². The molecule has 7 nitrogen and oxygen atoms in total. The van der Waals surface area contributed by atoms with Gasteiger partial charge in [-0.15, -0.1) is 0 Å². The van der Waals surface area contributed by atoms with Gasteiger partial charge in [0.1, 0.15) is 5.76 Å². The van der Waals surface area contributed by atoms with Crippen molar-refractivity contribution in [3.8, 4) is 11.5 Å². The Morgan fingerprint density at radius 1 is 1.06 bits per heavy atom. The lowest BCUT2D eigenvalue weighted by atomic mass is 10.1. The predicted molar refractivity (Wildman–Crippen MR) is 135 cm³/mol. The molecule has 0 aliphatic carbocycles. The van der Waals surface area contributed by atoms with Gasteiger partial charge in [-0.3, -0.25) is 9.59 Å². The summed E-state index contributed by atoms with van der Waals surface area (Å²) < 4.78 is 16.7. The fourth-order valence-electron chi connectivity index (χ4n) is 3.37. The maximum Gasteiger partial charge on any atom is 0.251 e. The van der Waals surface area contributed by atoms with E-state index in [1.54, 1.807) is 49.6 Å². The standard InChI is InChI=1S/C28H32N2O5/c1-20(2)19-35-25-13-9-21(16-26(25)33-4)10-14-27(31)30(18-24-6-5-15-34-24)17-22-7-11-23(12-8-22)28(32)29-3/h5-16,20H,17-19H2,1-4H3,(H,29,32). The summed E-state index contributed by atoms with van der Waals surface area (Å²) in [5.41, 5.74) is 2.29. The molecule has 1 N–H and O–H groups in total. The first-order valence-electron chi connectivity index (χ1n) is 11.5. The second-order valence-electron chi connectivity index (χ2n) is 8.50. The van der Waals surface area contributed by atoms with Crippen LogP contribution in [-0.2, 0) is 17.9 Å². The molecule has 0 spiro atoms. The van der Waals surface area contributed by atoms with Crippen molar-refractivity contribution >= 4 is 17.9 Å². The Bertz CT molecular complexity index is 1130. The van der Waals surface area contributed by atoms with Gasteiger partial charge >= 0.3 is 0 Å². The van der Waals surface area contributed by atoms with Gasteiger partial charge in [-0.25, -0.2) is 0 Å². The van der Waals surface area contributed by atoms with Gasteiger partial charge in [0.15, 0.2) is 11.5 Å². The second kappa shape index (κ2) is 12.5.